The minimum absolute atomic E-state index is 0.692. The molecule has 0 unspecified atom stereocenters. The summed E-state index contributed by atoms with van der Waals surface area (Å²) in [6.07, 6.45) is 7.73. The first-order valence-corrected chi connectivity index (χ1v) is 7.79. The molecule has 0 spiro atoms. The molecule has 2 rings (SSSR count). The Morgan fingerprint density at radius 1 is 1.19 bits per heavy atom. The van der Waals surface area contributed by atoms with Crippen molar-refractivity contribution in [2.45, 2.75) is 45.6 Å². The van der Waals surface area contributed by atoms with E-state index in [1.54, 1.807) is 0 Å². The Morgan fingerprint density at radius 2 is 1.95 bits per heavy atom. The van der Waals surface area contributed by atoms with E-state index in [4.69, 9.17) is 10.7 Å². The highest BCUT2D eigenvalue weighted by molar-refractivity contribution is 5.60. The van der Waals surface area contributed by atoms with Gasteiger partial charge in [0, 0.05) is 12.1 Å². The Morgan fingerprint density at radius 3 is 2.62 bits per heavy atom. The lowest BCUT2D eigenvalue weighted by Crippen LogP contribution is -2.04. The average molecular weight is 283 g/mol. The number of anilines is 1. The summed E-state index contributed by atoms with van der Waals surface area (Å²) >= 11 is 0. The van der Waals surface area contributed by atoms with E-state index in [0.29, 0.717) is 6.54 Å². The van der Waals surface area contributed by atoms with E-state index in [2.05, 4.69) is 30.2 Å². The summed E-state index contributed by atoms with van der Waals surface area (Å²) in [6.45, 7) is 6.74. The minimum Gasteiger partial charge on any atom is -0.384 e. The molecule has 3 nitrogen and oxygen atoms in total. The Kier molecular flexibility index (Phi) is 5.61. The number of hydrogen-bond donors (Lipinski definition) is 1. The maximum absolute atomic E-state index is 6.29. The first-order chi connectivity index (χ1) is 10.3. The van der Waals surface area contributed by atoms with Crippen molar-refractivity contribution in [3.63, 3.8) is 0 Å². The van der Waals surface area contributed by atoms with Crippen molar-refractivity contribution in [1.29, 1.82) is 0 Å². The van der Waals surface area contributed by atoms with Crippen LogP contribution in [0.5, 0.6) is 0 Å². The molecular weight excluding hydrogens is 258 g/mol. The molecule has 0 bridgehead atoms. The van der Waals surface area contributed by atoms with Gasteiger partial charge in [-0.25, -0.2) is 4.98 Å². The zero-order valence-electron chi connectivity index (χ0n) is 12.9. The number of nitrogen functional groups attached to an aromatic ring is 1. The quantitative estimate of drug-likeness (QED) is 0.575. The molecule has 0 aliphatic heterocycles. The molecule has 0 saturated carbocycles. The fraction of sp³-hybridized carbons (Fsp3) is 0.389. The van der Waals surface area contributed by atoms with Crippen LogP contribution in [0.4, 0.5) is 5.82 Å². The third-order valence-corrected chi connectivity index (χ3v) is 3.69. The van der Waals surface area contributed by atoms with E-state index in [-0.39, 0.29) is 0 Å². The third-order valence-electron chi connectivity index (χ3n) is 3.69. The molecule has 0 radical (unpaired) electrons. The molecule has 0 atom stereocenters. The summed E-state index contributed by atoms with van der Waals surface area (Å²) in [5, 5.41) is 0. The van der Waals surface area contributed by atoms with Crippen LogP contribution in [0.15, 0.2) is 43.0 Å². The van der Waals surface area contributed by atoms with E-state index >= 15 is 0 Å². The van der Waals surface area contributed by atoms with Gasteiger partial charge in [-0.2, -0.15) is 0 Å². The molecule has 2 N–H and O–H groups in total. The topological polar surface area (TPSA) is 43.8 Å². The number of nitrogens with two attached hydrogens (primary N) is 1. The van der Waals surface area contributed by atoms with Gasteiger partial charge in [0.1, 0.15) is 11.6 Å². The summed E-state index contributed by atoms with van der Waals surface area (Å²) in [5.41, 5.74) is 8.42. The zero-order chi connectivity index (χ0) is 15.1. The molecule has 0 aliphatic rings. The second kappa shape index (κ2) is 7.67. The SMILES string of the molecule is C=CCn1c(-c2ccccc2)nc(CCCCCC)c1N. The lowest BCUT2D eigenvalue weighted by atomic mass is 10.1. The first-order valence-electron chi connectivity index (χ1n) is 7.79. The van der Waals surface area contributed by atoms with Crippen molar-refractivity contribution in [2.75, 3.05) is 5.73 Å². The van der Waals surface area contributed by atoms with E-state index in [1.165, 1.54) is 19.3 Å². The standard InChI is InChI=1S/C18H25N3/c1-3-5-6-10-13-16-17(19)21(14-4-2)18(20-16)15-11-8-7-9-12-15/h4,7-9,11-12H,2-3,5-6,10,13-14,19H2,1H3. The number of aromatic nitrogens is 2. The number of imidazole rings is 1. The summed E-state index contributed by atoms with van der Waals surface area (Å²) in [7, 11) is 0. The van der Waals surface area contributed by atoms with Crippen LogP contribution in [-0.2, 0) is 13.0 Å². The van der Waals surface area contributed by atoms with Crippen LogP contribution in [0.3, 0.4) is 0 Å². The van der Waals surface area contributed by atoms with Crippen LogP contribution in [0.2, 0.25) is 0 Å². The Labute approximate surface area is 127 Å². The molecule has 0 amide bonds. The molecule has 21 heavy (non-hydrogen) atoms. The molecule has 1 heterocycles. The fourth-order valence-electron chi connectivity index (χ4n) is 2.54. The van der Waals surface area contributed by atoms with Crippen LogP contribution in [0.25, 0.3) is 11.4 Å². The molecule has 1 aromatic carbocycles. The molecule has 0 fully saturated rings. The Bertz CT molecular complexity index is 570. The minimum atomic E-state index is 0.692. The first kappa shape index (κ1) is 15.4. The van der Waals surface area contributed by atoms with Gasteiger partial charge in [0.25, 0.3) is 0 Å². The maximum atomic E-state index is 6.29. The summed E-state index contributed by atoms with van der Waals surface area (Å²) in [6, 6.07) is 10.2. The van der Waals surface area contributed by atoms with Crippen molar-refractivity contribution >= 4 is 5.82 Å². The molecule has 2 aromatic rings. The smallest absolute Gasteiger partial charge is 0.142 e. The predicted octanol–water partition coefficient (Wildman–Crippen LogP) is 4.44. The second-order valence-electron chi connectivity index (χ2n) is 5.34. The van der Waals surface area contributed by atoms with Crippen LogP contribution in [-0.4, -0.2) is 9.55 Å². The number of rotatable bonds is 8. The highest BCUT2D eigenvalue weighted by Crippen LogP contribution is 2.25. The Balaban J connectivity index is 2.25. The lowest BCUT2D eigenvalue weighted by Gasteiger charge is -2.07. The molecule has 112 valence electrons. The fourth-order valence-corrected chi connectivity index (χ4v) is 2.54. The van der Waals surface area contributed by atoms with Gasteiger partial charge in [0.05, 0.1) is 5.69 Å². The highest BCUT2D eigenvalue weighted by Gasteiger charge is 2.14. The average Bonchev–Trinajstić information content (AvgIpc) is 2.82. The Hall–Kier alpha value is -2.03. The molecule has 1 aromatic heterocycles. The largest absolute Gasteiger partial charge is 0.384 e. The van der Waals surface area contributed by atoms with Gasteiger partial charge in [0.2, 0.25) is 0 Å². The maximum Gasteiger partial charge on any atom is 0.142 e. The molecule has 0 aliphatic carbocycles. The van der Waals surface area contributed by atoms with E-state index in [0.717, 1.165) is 35.7 Å². The molecule has 0 saturated heterocycles. The number of benzene rings is 1. The van der Waals surface area contributed by atoms with Gasteiger partial charge in [-0.1, -0.05) is 62.6 Å². The predicted molar refractivity (Wildman–Crippen MR) is 90.1 cm³/mol. The summed E-state index contributed by atoms with van der Waals surface area (Å²) in [4.78, 5) is 4.79. The van der Waals surface area contributed by atoms with Crippen molar-refractivity contribution in [2.24, 2.45) is 0 Å². The number of hydrogen-bond acceptors (Lipinski definition) is 2. The normalized spacial score (nSPS) is 10.7. The van der Waals surface area contributed by atoms with Gasteiger partial charge in [-0.05, 0) is 12.8 Å². The van der Waals surface area contributed by atoms with Crippen molar-refractivity contribution < 1.29 is 0 Å². The van der Waals surface area contributed by atoms with Crippen LogP contribution < -0.4 is 5.73 Å². The van der Waals surface area contributed by atoms with Gasteiger partial charge >= 0.3 is 0 Å². The van der Waals surface area contributed by atoms with Gasteiger partial charge in [-0.3, -0.25) is 0 Å². The second-order valence-corrected chi connectivity index (χ2v) is 5.34. The highest BCUT2D eigenvalue weighted by atomic mass is 15.1. The van der Waals surface area contributed by atoms with Gasteiger partial charge < -0.3 is 10.3 Å². The molecular formula is C18H25N3. The van der Waals surface area contributed by atoms with Crippen molar-refractivity contribution in [3.05, 3.63) is 48.7 Å². The van der Waals surface area contributed by atoms with Crippen LogP contribution in [0.1, 0.15) is 38.3 Å². The van der Waals surface area contributed by atoms with E-state index in [9.17, 15) is 0 Å². The molecule has 3 heteroatoms. The van der Waals surface area contributed by atoms with Crippen molar-refractivity contribution in [3.8, 4) is 11.4 Å². The van der Waals surface area contributed by atoms with Crippen LogP contribution in [0, 0.1) is 0 Å². The van der Waals surface area contributed by atoms with E-state index in [1.807, 2.05) is 24.3 Å². The summed E-state index contributed by atoms with van der Waals surface area (Å²) in [5.74, 6) is 1.73. The number of allylic oxidation sites excluding steroid dienone is 1. The third kappa shape index (κ3) is 3.75. The van der Waals surface area contributed by atoms with Crippen LogP contribution >= 0.6 is 0 Å². The van der Waals surface area contributed by atoms with E-state index < -0.39 is 0 Å². The lowest BCUT2D eigenvalue weighted by molar-refractivity contribution is 0.662. The number of nitrogens with zero attached hydrogens (tertiary/aromatic N) is 2. The summed E-state index contributed by atoms with van der Waals surface area (Å²) < 4.78 is 2.05. The number of unbranched alkanes of at least 4 members (excludes halogenated alkanes) is 3. The zero-order valence-corrected chi connectivity index (χ0v) is 12.9. The van der Waals surface area contributed by atoms with Gasteiger partial charge in [-0.15, -0.1) is 6.58 Å². The number of aryl methyl sites for hydroxylation is 1. The van der Waals surface area contributed by atoms with Crippen molar-refractivity contribution in [1.82, 2.24) is 9.55 Å². The monoisotopic (exact) mass is 283 g/mol. The van der Waals surface area contributed by atoms with Gasteiger partial charge in [0.15, 0.2) is 0 Å².